The van der Waals surface area contributed by atoms with Gasteiger partial charge in [-0.05, 0) is 38.4 Å². The smallest absolute Gasteiger partial charge is 0.320 e. The highest BCUT2D eigenvalue weighted by Gasteiger charge is 2.30. The number of aliphatic carboxylic acids is 1. The lowest BCUT2D eigenvalue weighted by molar-refractivity contribution is -0.142. The van der Waals surface area contributed by atoms with E-state index < -0.39 is 5.97 Å². The number of hydrogen-bond acceptors (Lipinski definition) is 3. The van der Waals surface area contributed by atoms with E-state index in [0.717, 1.165) is 36.3 Å². The third kappa shape index (κ3) is 2.83. The molecule has 5 heteroatoms. The Bertz CT molecular complexity index is 636. The van der Waals surface area contributed by atoms with Crippen LogP contribution in [0.15, 0.2) is 36.5 Å². The number of likely N-dealkylation sites (tertiary alicyclic amines) is 1. The fraction of sp³-hybridized carbons (Fsp3) is 0.375. The molecule has 1 aromatic heterocycles. The van der Waals surface area contributed by atoms with Crippen molar-refractivity contribution in [2.75, 3.05) is 6.54 Å². The van der Waals surface area contributed by atoms with Crippen LogP contribution >= 0.6 is 0 Å². The van der Waals surface area contributed by atoms with Crippen molar-refractivity contribution in [2.24, 2.45) is 0 Å². The van der Waals surface area contributed by atoms with E-state index in [9.17, 15) is 9.90 Å². The highest BCUT2D eigenvalue weighted by atomic mass is 16.4. The fourth-order valence-electron chi connectivity index (χ4n) is 2.88. The third-order valence-corrected chi connectivity index (χ3v) is 4.04. The largest absolute Gasteiger partial charge is 0.480 e. The summed E-state index contributed by atoms with van der Waals surface area (Å²) in [6.07, 6.45) is 3.69. The lowest BCUT2D eigenvalue weighted by Crippen LogP contribution is -2.35. The lowest BCUT2D eigenvalue weighted by Gasteiger charge is -2.20. The van der Waals surface area contributed by atoms with Gasteiger partial charge in [0.1, 0.15) is 6.04 Å². The molecule has 0 radical (unpaired) electrons. The first-order valence-electron chi connectivity index (χ1n) is 7.22. The van der Waals surface area contributed by atoms with E-state index in [4.69, 9.17) is 0 Å². The highest BCUT2D eigenvalue weighted by Crippen LogP contribution is 2.22. The number of hydrogen-bond donors (Lipinski definition) is 1. The molecule has 1 fully saturated rings. The van der Waals surface area contributed by atoms with Crippen LogP contribution in [0, 0.1) is 6.92 Å². The molecule has 0 saturated carbocycles. The number of para-hydroxylation sites is 1. The van der Waals surface area contributed by atoms with Crippen LogP contribution in [0.3, 0.4) is 0 Å². The summed E-state index contributed by atoms with van der Waals surface area (Å²) in [5.41, 5.74) is 3.06. The minimum Gasteiger partial charge on any atom is -0.480 e. The number of rotatable bonds is 4. The first-order chi connectivity index (χ1) is 10.1. The number of aromatic nitrogens is 2. The molecular formula is C16H19N3O2. The maximum atomic E-state index is 11.3. The van der Waals surface area contributed by atoms with Gasteiger partial charge in [-0.15, -0.1) is 0 Å². The molecule has 0 bridgehead atoms. The standard InChI is InChI=1S/C16H19N3O2/c1-12-13(10-18-9-5-8-15(18)16(20)21)11-19(17-12)14-6-3-2-4-7-14/h2-4,6-7,11,15H,5,8-10H2,1H3,(H,20,21). The molecule has 1 N–H and O–H groups in total. The van der Waals surface area contributed by atoms with Crippen LogP contribution in [0.25, 0.3) is 5.69 Å². The Labute approximate surface area is 123 Å². The average molecular weight is 285 g/mol. The minimum atomic E-state index is -0.722. The summed E-state index contributed by atoms with van der Waals surface area (Å²) in [5, 5.41) is 13.8. The van der Waals surface area contributed by atoms with E-state index in [1.807, 2.05) is 53.0 Å². The van der Waals surface area contributed by atoms with E-state index >= 15 is 0 Å². The summed E-state index contributed by atoms with van der Waals surface area (Å²) in [6, 6.07) is 9.59. The second-order valence-electron chi connectivity index (χ2n) is 5.49. The Balaban J connectivity index is 1.81. The molecule has 1 atom stereocenters. The summed E-state index contributed by atoms with van der Waals surface area (Å²) in [5.74, 6) is -0.722. The van der Waals surface area contributed by atoms with Gasteiger partial charge in [0.2, 0.25) is 0 Å². The molecule has 1 aromatic carbocycles. The molecule has 0 spiro atoms. The maximum absolute atomic E-state index is 11.3. The van der Waals surface area contributed by atoms with Gasteiger partial charge in [-0.2, -0.15) is 5.10 Å². The predicted molar refractivity (Wildman–Crippen MR) is 79.4 cm³/mol. The molecule has 21 heavy (non-hydrogen) atoms. The van der Waals surface area contributed by atoms with E-state index in [0.29, 0.717) is 6.54 Å². The van der Waals surface area contributed by atoms with Gasteiger partial charge < -0.3 is 5.11 Å². The third-order valence-electron chi connectivity index (χ3n) is 4.04. The van der Waals surface area contributed by atoms with E-state index in [-0.39, 0.29) is 6.04 Å². The zero-order chi connectivity index (χ0) is 14.8. The quantitative estimate of drug-likeness (QED) is 0.936. The van der Waals surface area contributed by atoms with E-state index in [1.54, 1.807) is 0 Å². The Kier molecular flexibility index (Phi) is 3.75. The van der Waals surface area contributed by atoms with Crippen molar-refractivity contribution >= 4 is 5.97 Å². The van der Waals surface area contributed by atoms with Crippen LogP contribution in [-0.4, -0.2) is 38.3 Å². The minimum absolute atomic E-state index is 0.357. The molecule has 2 heterocycles. The molecule has 1 saturated heterocycles. The Morgan fingerprint density at radius 2 is 2.14 bits per heavy atom. The van der Waals surface area contributed by atoms with Crippen molar-refractivity contribution < 1.29 is 9.90 Å². The summed E-state index contributed by atoms with van der Waals surface area (Å²) in [7, 11) is 0. The van der Waals surface area contributed by atoms with Crippen molar-refractivity contribution in [3.05, 3.63) is 47.8 Å². The fourth-order valence-corrected chi connectivity index (χ4v) is 2.88. The zero-order valence-corrected chi connectivity index (χ0v) is 12.1. The lowest BCUT2D eigenvalue weighted by atomic mass is 10.2. The van der Waals surface area contributed by atoms with E-state index in [1.165, 1.54) is 0 Å². The second kappa shape index (κ2) is 5.69. The molecule has 1 aliphatic heterocycles. The molecule has 1 aliphatic rings. The molecule has 110 valence electrons. The van der Waals surface area contributed by atoms with Crippen LogP contribution in [0.4, 0.5) is 0 Å². The zero-order valence-electron chi connectivity index (χ0n) is 12.1. The Hall–Kier alpha value is -2.14. The first kappa shape index (κ1) is 13.8. The SMILES string of the molecule is Cc1nn(-c2ccccc2)cc1CN1CCCC1C(=O)O. The monoisotopic (exact) mass is 285 g/mol. The van der Waals surface area contributed by atoms with Gasteiger partial charge in [0.05, 0.1) is 11.4 Å². The molecule has 0 aliphatic carbocycles. The van der Waals surface area contributed by atoms with Crippen molar-refractivity contribution in [1.29, 1.82) is 0 Å². The van der Waals surface area contributed by atoms with Crippen molar-refractivity contribution in [3.8, 4) is 5.69 Å². The van der Waals surface area contributed by atoms with Gasteiger partial charge in [0.25, 0.3) is 0 Å². The second-order valence-corrected chi connectivity index (χ2v) is 5.49. The van der Waals surface area contributed by atoms with Crippen molar-refractivity contribution in [1.82, 2.24) is 14.7 Å². The normalized spacial score (nSPS) is 19.0. The molecular weight excluding hydrogens is 266 g/mol. The van der Waals surface area contributed by atoms with Crippen LogP contribution in [0.1, 0.15) is 24.1 Å². The van der Waals surface area contributed by atoms with Crippen LogP contribution in [0.2, 0.25) is 0 Å². The summed E-state index contributed by atoms with van der Waals surface area (Å²) >= 11 is 0. The number of carboxylic acid groups (broad SMARTS) is 1. The Morgan fingerprint density at radius 3 is 2.86 bits per heavy atom. The summed E-state index contributed by atoms with van der Waals surface area (Å²) in [4.78, 5) is 13.3. The molecule has 5 nitrogen and oxygen atoms in total. The van der Waals surface area contributed by atoms with Gasteiger partial charge in [-0.1, -0.05) is 18.2 Å². The van der Waals surface area contributed by atoms with Gasteiger partial charge in [0, 0.05) is 18.3 Å². The van der Waals surface area contributed by atoms with Crippen LogP contribution in [0.5, 0.6) is 0 Å². The predicted octanol–water partition coefficient (Wildman–Crippen LogP) is 2.23. The van der Waals surface area contributed by atoms with Gasteiger partial charge >= 0.3 is 5.97 Å². The number of benzene rings is 1. The summed E-state index contributed by atoms with van der Waals surface area (Å²) in [6.45, 7) is 3.46. The van der Waals surface area contributed by atoms with Gasteiger partial charge in [0.15, 0.2) is 0 Å². The molecule has 0 amide bonds. The van der Waals surface area contributed by atoms with Gasteiger partial charge in [-0.25, -0.2) is 4.68 Å². The average Bonchev–Trinajstić information content (AvgIpc) is 3.08. The number of aryl methyl sites for hydroxylation is 1. The Morgan fingerprint density at radius 1 is 1.38 bits per heavy atom. The molecule has 2 aromatic rings. The van der Waals surface area contributed by atoms with Crippen molar-refractivity contribution in [3.63, 3.8) is 0 Å². The first-order valence-corrected chi connectivity index (χ1v) is 7.22. The van der Waals surface area contributed by atoms with Crippen molar-refractivity contribution in [2.45, 2.75) is 32.4 Å². The topological polar surface area (TPSA) is 58.4 Å². The van der Waals surface area contributed by atoms with Crippen LogP contribution in [-0.2, 0) is 11.3 Å². The number of nitrogens with zero attached hydrogens (tertiary/aromatic N) is 3. The van der Waals surface area contributed by atoms with Crippen LogP contribution < -0.4 is 0 Å². The maximum Gasteiger partial charge on any atom is 0.320 e. The van der Waals surface area contributed by atoms with E-state index in [2.05, 4.69) is 5.10 Å². The number of carboxylic acids is 1. The van der Waals surface area contributed by atoms with Gasteiger partial charge in [-0.3, -0.25) is 9.69 Å². The molecule has 3 rings (SSSR count). The number of carbonyl (C=O) groups is 1. The highest BCUT2D eigenvalue weighted by molar-refractivity contribution is 5.73. The summed E-state index contributed by atoms with van der Waals surface area (Å²) < 4.78 is 1.86. The molecule has 1 unspecified atom stereocenters.